The Balaban J connectivity index is 1.60. The predicted molar refractivity (Wildman–Crippen MR) is 106 cm³/mol. The average Bonchev–Trinajstić information content (AvgIpc) is 2.94. The molecule has 4 rings (SSSR count). The van der Waals surface area contributed by atoms with Crippen LogP contribution < -0.4 is 10.2 Å². The summed E-state index contributed by atoms with van der Waals surface area (Å²) in [4.78, 5) is 33.3. The second-order valence-corrected chi connectivity index (χ2v) is 7.29. The van der Waals surface area contributed by atoms with Gasteiger partial charge in [-0.2, -0.15) is 0 Å². The lowest BCUT2D eigenvalue weighted by Gasteiger charge is -2.30. The predicted octanol–water partition coefficient (Wildman–Crippen LogP) is 2.03. The Morgan fingerprint density at radius 1 is 1.21 bits per heavy atom. The molecule has 7 heteroatoms. The largest absolute Gasteiger partial charge is 0.393 e. The molecule has 1 unspecified atom stereocenters. The molecule has 1 atom stereocenters. The molecule has 2 aromatic rings. The fourth-order valence-electron chi connectivity index (χ4n) is 3.70. The van der Waals surface area contributed by atoms with Gasteiger partial charge in [0.2, 0.25) is 5.91 Å². The maximum absolute atomic E-state index is 13.0. The Hall–Kier alpha value is -2.93. The number of nitrogens with zero attached hydrogens (tertiary/aromatic N) is 3. The molecule has 3 heterocycles. The van der Waals surface area contributed by atoms with Gasteiger partial charge in [-0.05, 0) is 30.9 Å². The van der Waals surface area contributed by atoms with Crippen molar-refractivity contribution >= 4 is 23.3 Å². The number of aliphatic hydroxyl groups excluding tert-OH is 1. The molecule has 146 valence electrons. The van der Waals surface area contributed by atoms with Gasteiger partial charge >= 0.3 is 0 Å². The molecule has 1 saturated heterocycles. The van der Waals surface area contributed by atoms with Crippen molar-refractivity contribution in [1.82, 2.24) is 9.88 Å². The van der Waals surface area contributed by atoms with Crippen LogP contribution >= 0.6 is 0 Å². The third-order valence-electron chi connectivity index (χ3n) is 5.28. The summed E-state index contributed by atoms with van der Waals surface area (Å²) in [6.45, 7) is 1.77. The van der Waals surface area contributed by atoms with Crippen LogP contribution in [0.3, 0.4) is 0 Å². The van der Waals surface area contributed by atoms with E-state index in [1.54, 1.807) is 22.1 Å². The number of likely N-dealkylation sites (tertiary alicyclic amines) is 1. The van der Waals surface area contributed by atoms with Gasteiger partial charge in [0, 0.05) is 19.3 Å². The highest BCUT2D eigenvalue weighted by atomic mass is 16.3. The number of nitrogens with one attached hydrogen (secondary N) is 1. The number of hydrogen-bond acceptors (Lipinski definition) is 5. The number of carbonyl (C=O) groups excluding carboxylic acids is 2. The zero-order valence-electron chi connectivity index (χ0n) is 15.7. The number of anilines is 2. The van der Waals surface area contributed by atoms with Gasteiger partial charge in [-0.15, -0.1) is 0 Å². The van der Waals surface area contributed by atoms with E-state index in [1.807, 2.05) is 30.3 Å². The third-order valence-corrected chi connectivity index (χ3v) is 5.28. The monoisotopic (exact) mass is 380 g/mol. The Labute approximate surface area is 164 Å². The number of hydrogen-bond donors (Lipinski definition) is 2. The topological polar surface area (TPSA) is 85.8 Å². The standard InChI is InChI=1S/C21H24N4O3/c26-17-7-4-9-24(10-8-17)21(28)16-11-18-20(22-12-16)23-13-19(27)25(18)14-15-5-2-1-3-6-15/h1-3,5-6,11-12,17,26H,4,7-10,13-14H2,(H,22,23). The van der Waals surface area contributed by atoms with Crippen molar-refractivity contribution in [3.05, 3.63) is 53.7 Å². The number of rotatable bonds is 3. The van der Waals surface area contributed by atoms with Crippen LogP contribution in [0.4, 0.5) is 11.5 Å². The maximum atomic E-state index is 13.0. The summed E-state index contributed by atoms with van der Waals surface area (Å²) in [5, 5.41) is 12.8. The second kappa shape index (κ2) is 7.98. The van der Waals surface area contributed by atoms with Gasteiger partial charge in [0.25, 0.3) is 5.91 Å². The van der Waals surface area contributed by atoms with Gasteiger partial charge in [0.1, 0.15) is 0 Å². The molecule has 2 N–H and O–H groups in total. The first kappa shape index (κ1) is 18.4. The summed E-state index contributed by atoms with van der Waals surface area (Å²) in [6, 6.07) is 11.5. The van der Waals surface area contributed by atoms with Crippen LogP contribution in [0.5, 0.6) is 0 Å². The minimum Gasteiger partial charge on any atom is -0.393 e. The second-order valence-electron chi connectivity index (χ2n) is 7.29. The van der Waals surface area contributed by atoms with Crippen molar-refractivity contribution in [2.45, 2.75) is 31.9 Å². The van der Waals surface area contributed by atoms with Gasteiger partial charge in [-0.3, -0.25) is 9.59 Å². The smallest absolute Gasteiger partial charge is 0.255 e. The molecule has 0 saturated carbocycles. The number of amides is 2. The first-order valence-corrected chi connectivity index (χ1v) is 9.67. The lowest BCUT2D eigenvalue weighted by molar-refractivity contribution is -0.117. The van der Waals surface area contributed by atoms with E-state index in [2.05, 4.69) is 10.3 Å². The minimum absolute atomic E-state index is 0.0550. The van der Waals surface area contributed by atoms with E-state index in [0.717, 1.165) is 18.4 Å². The zero-order valence-corrected chi connectivity index (χ0v) is 15.7. The highest BCUT2D eigenvalue weighted by Crippen LogP contribution is 2.30. The first-order chi connectivity index (χ1) is 13.6. The number of carbonyl (C=O) groups is 2. The van der Waals surface area contributed by atoms with Gasteiger partial charge in [-0.1, -0.05) is 30.3 Å². The molecule has 7 nitrogen and oxygen atoms in total. The summed E-state index contributed by atoms with van der Waals surface area (Å²) in [7, 11) is 0. The lowest BCUT2D eigenvalue weighted by Crippen LogP contribution is -2.40. The number of fused-ring (bicyclic) bond motifs is 1. The van der Waals surface area contributed by atoms with Gasteiger partial charge in [0.15, 0.2) is 5.82 Å². The molecule has 1 aromatic carbocycles. The van der Waals surface area contributed by atoms with E-state index < -0.39 is 0 Å². The van der Waals surface area contributed by atoms with Gasteiger partial charge < -0.3 is 20.2 Å². The first-order valence-electron chi connectivity index (χ1n) is 9.67. The zero-order chi connectivity index (χ0) is 19.5. The molecule has 0 spiro atoms. The number of benzene rings is 1. The van der Waals surface area contributed by atoms with Crippen molar-refractivity contribution in [1.29, 1.82) is 0 Å². The van der Waals surface area contributed by atoms with Crippen LogP contribution in [-0.4, -0.2) is 52.5 Å². The van der Waals surface area contributed by atoms with Crippen molar-refractivity contribution < 1.29 is 14.7 Å². The summed E-state index contributed by atoms with van der Waals surface area (Å²) in [6.07, 6.45) is 3.31. The number of aromatic nitrogens is 1. The molecular formula is C21H24N4O3. The molecule has 0 aliphatic carbocycles. The minimum atomic E-state index is -0.345. The van der Waals surface area contributed by atoms with Crippen LogP contribution in [0, 0.1) is 0 Å². The SMILES string of the molecule is O=C(c1cnc2c(c1)N(Cc1ccccc1)C(=O)CN2)N1CCCC(O)CC1. The maximum Gasteiger partial charge on any atom is 0.255 e. The van der Waals surface area contributed by atoms with Crippen molar-refractivity contribution in [2.24, 2.45) is 0 Å². The summed E-state index contributed by atoms with van der Waals surface area (Å²) in [5.74, 6) is 0.445. The van der Waals surface area contributed by atoms with Crippen LogP contribution in [0.2, 0.25) is 0 Å². The molecule has 2 aliphatic rings. The molecule has 0 radical (unpaired) electrons. The Kier molecular flexibility index (Phi) is 5.25. The molecule has 2 amide bonds. The van der Waals surface area contributed by atoms with E-state index in [4.69, 9.17) is 0 Å². The van der Waals surface area contributed by atoms with Crippen molar-refractivity contribution in [3.8, 4) is 0 Å². The fraction of sp³-hybridized carbons (Fsp3) is 0.381. The Bertz CT molecular complexity index is 871. The molecular weight excluding hydrogens is 356 g/mol. The van der Waals surface area contributed by atoms with Crippen LogP contribution in [0.25, 0.3) is 0 Å². The number of aliphatic hydroxyl groups is 1. The molecule has 1 aromatic heterocycles. The van der Waals surface area contributed by atoms with E-state index in [0.29, 0.717) is 43.1 Å². The van der Waals surface area contributed by atoms with E-state index >= 15 is 0 Å². The number of pyridine rings is 1. The normalized spacial score (nSPS) is 19.6. The summed E-state index contributed by atoms with van der Waals surface area (Å²) >= 11 is 0. The Morgan fingerprint density at radius 2 is 2.04 bits per heavy atom. The highest BCUT2D eigenvalue weighted by molar-refractivity contribution is 6.04. The molecule has 28 heavy (non-hydrogen) atoms. The lowest BCUT2D eigenvalue weighted by atomic mass is 10.1. The van der Waals surface area contributed by atoms with E-state index in [-0.39, 0.29) is 24.5 Å². The highest BCUT2D eigenvalue weighted by Gasteiger charge is 2.28. The van der Waals surface area contributed by atoms with Crippen molar-refractivity contribution in [2.75, 3.05) is 29.9 Å². The molecule has 2 aliphatic heterocycles. The van der Waals surface area contributed by atoms with Gasteiger partial charge in [0.05, 0.1) is 30.4 Å². The van der Waals surface area contributed by atoms with Crippen molar-refractivity contribution in [3.63, 3.8) is 0 Å². The van der Waals surface area contributed by atoms with E-state index in [9.17, 15) is 14.7 Å². The third kappa shape index (κ3) is 3.84. The van der Waals surface area contributed by atoms with Gasteiger partial charge in [-0.25, -0.2) is 4.98 Å². The summed E-state index contributed by atoms with van der Waals surface area (Å²) in [5.41, 5.74) is 2.10. The molecule has 0 bridgehead atoms. The average molecular weight is 380 g/mol. The van der Waals surface area contributed by atoms with Crippen LogP contribution in [0.1, 0.15) is 35.2 Å². The fourth-order valence-corrected chi connectivity index (χ4v) is 3.70. The van der Waals surface area contributed by atoms with Crippen LogP contribution in [-0.2, 0) is 11.3 Å². The Morgan fingerprint density at radius 3 is 2.86 bits per heavy atom. The molecule has 1 fully saturated rings. The quantitative estimate of drug-likeness (QED) is 0.851. The van der Waals surface area contributed by atoms with Crippen LogP contribution in [0.15, 0.2) is 42.6 Å². The van der Waals surface area contributed by atoms with E-state index in [1.165, 1.54) is 0 Å². The summed E-state index contributed by atoms with van der Waals surface area (Å²) < 4.78 is 0.